The van der Waals surface area contributed by atoms with E-state index in [1.165, 1.54) is 12.1 Å². The molecule has 5 aliphatic rings. The van der Waals surface area contributed by atoms with Gasteiger partial charge in [0.15, 0.2) is 0 Å². The number of carbonyl (C=O) groups excluding carboxylic acids is 2. The molecule has 5 atom stereocenters. The highest BCUT2D eigenvalue weighted by atomic mass is 19.1. The summed E-state index contributed by atoms with van der Waals surface area (Å²) in [6.45, 7) is 8.31. The molecule has 0 unspecified atom stereocenters. The highest BCUT2D eigenvalue weighted by Crippen LogP contribution is 2.65. The fourth-order valence-corrected chi connectivity index (χ4v) is 7.31. The number of anilines is 1. The monoisotopic (exact) mass is 533 g/mol. The highest BCUT2D eigenvalue weighted by Gasteiger charge is 2.68. The van der Waals surface area contributed by atoms with Gasteiger partial charge in [-0.2, -0.15) is 0 Å². The van der Waals surface area contributed by atoms with E-state index in [1.807, 2.05) is 30.3 Å². The van der Waals surface area contributed by atoms with E-state index in [-0.39, 0.29) is 35.7 Å². The van der Waals surface area contributed by atoms with Crippen LogP contribution in [0.5, 0.6) is 0 Å². The molecule has 2 saturated heterocycles. The second-order valence-corrected chi connectivity index (χ2v) is 12.3. The minimum Gasteiger partial charge on any atom is -0.404 e. The van der Waals surface area contributed by atoms with Gasteiger partial charge < -0.3 is 19.5 Å². The molecule has 0 aromatic heterocycles. The van der Waals surface area contributed by atoms with Crippen molar-refractivity contribution in [1.82, 2.24) is 10.2 Å². The van der Waals surface area contributed by atoms with Gasteiger partial charge in [0, 0.05) is 31.7 Å². The third-order valence-corrected chi connectivity index (χ3v) is 9.78. The number of hydrogen-bond acceptors (Lipinski definition) is 4. The minimum absolute atomic E-state index is 0.00177. The molecule has 39 heavy (non-hydrogen) atoms. The third-order valence-electron chi connectivity index (χ3n) is 9.78. The lowest BCUT2D eigenvalue weighted by atomic mass is 9.43. The standard InChI is InChI=1S/C30H37BFN3O4/c1-29(2)21-18-24(29)30(3)25(19-21)38-31(39-30)26(17-20-9-11-22(32)12-10-20)33-27(36)13-14-34-15-16-35(28(34)37)23-7-5-4-6-8-23/h4-12,21,24-26H,13-19H2,1-3H3,(H,33,36)/t21-,24-,25+,26-,30-/m0/s1. The second-order valence-electron chi connectivity index (χ2n) is 12.3. The van der Waals surface area contributed by atoms with E-state index in [2.05, 4.69) is 26.1 Å². The molecule has 2 aromatic rings. The Labute approximate surface area is 230 Å². The van der Waals surface area contributed by atoms with Gasteiger partial charge in [-0.15, -0.1) is 0 Å². The molecule has 2 aromatic carbocycles. The number of amides is 3. The Kier molecular flexibility index (Phi) is 6.70. The van der Waals surface area contributed by atoms with Crippen molar-refractivity contribution in [2.24, 2.45) is 17.3 Å². The first kappa shape index (κ1) is 26.3. The lowest BCUT2D eigenvalue weighted by molar-refractivity contribution is -0.199. The van der Waals surface area contributed by atoms with Crippen molar-refractivity contribution < 1.29 is 23.3 Å². The molecular formula is C30H37BFN3O4. The zero-order chi connectivity index (χ0) is 27.4. The zero-order valence-corrected chi connectivity index (χ0v) is 22.9. The van der Waals surface area contributed by atoms with E-state index in [4.69, 9.17) is 9.31 Å². The lowest BCUT2D eigenvalue weighted by Gasteiger charge is -2.64. The quantitative estimate of drug-likeness (QED) is 0.509. The fraction of sp³-hybridized carbons (Fsp3) is 0.533. The van der Waals surface area contributed by atoms with Crippen LogP contribution in [0.2, 0.25) is 0 Å². The van der Waals surface area contributed by atoms with E-state index in [1.54, 1.807) is 21.9 Å². The van der Waals surface area contributed by atoms with Gasteiger partial charge >= 0.3 is 13.1 Å². The van der Waals surface area contributed by atoms with Crippen LogP contribution in [0.4, 0.5) is 14.9 Å². The molecule has 3 saturated carbocycles. The predicted molar refractivity (Wildman–Crippen MR) is 148 cm³/mol. The second kappa shape index (κ2) is 9.93. The zero-order valence-electron chi connectivity index (χ0n) is 22.9. The summed E-state index contributed by atoms with van der Waals surface area (Å²) in [5.74, 6) is 0.148. The van der Waals surface area contributed by atoms with E-state index in [0.717, 1.165) is 24.1 Å². The SMILES string of the molecule is CC1(C)[C@@H]2C[C@H]3OB([C@H](Cc4ccc(F)cc4)NC(=O)CCN4CCN(c5ccccc5)C4=O)O[C@@]3(C)[C@H]1C2. The first-order chi connectivity index (χ1) is 18.6. The molecule has 3 aliphatic carbocycles. The molecule has 2 aliphatic heterocycles. The number of hydrogen-bond donors (Lipinski definition) is 1. The van der Waals surface area contributed by atoms with E-state index in [9.17, 15) is 14.0 Å². The van der Waals surface area contributed by atoms with Crippen LogP contribution in [0.3, 0.4) is 0 Å². The first-order valence-electron chi connectivity index (χ1n) is 14.1. The lowest BCUT2D eigenvalue weighted by Crippen LogP contribution is -2.65. The van der Waals surface area contributed by atoms with Crippen LogP contribution in [0, 0.1) is 23.1 Å². The molecule has 2 bridgehead atoms. The Morgan fingerprint density at radius 3 is 2.56 bits per heavy atom. The Bertz CT molecular complexity index is 1230. The van der Waals surface area contributed by atoms with Gasteiger partial charge in [-0.1, -0.05) is 44.2 Å². The smallest absolute Gasteiger partial charge is 0.404 e. The summed E-state index contributed by atoms with van der Waals surface area (Å²) in [5, 5.41) is 3.15. The number of rotatable bonds is 8. The van der Waals surface area contributed by atoms with Crippen LogP contribution in [0.15, 0.2) is 54.6 Å². The highest BCUT2D eigenvalue weighted by molar-refractivity contribution is 6.48. The number of urea groups is 1. The maximum absolute atomic E-state index is 13.6. The van der Waals surface area contributed by atoms with Crippen LogP contribution in [-0.2, 0) is 20.5 Å². The number of halogens is 1. The van der Waals surface area contributed by atoms with E-state index in [0.29, 0.717) is 37.9 Å². The first-order valence-corrected chi connectivity index (χ1v) is 14.1. The molecule has 1 N–H and O–H groups in total. The number of nitrogens with zero attached hydrogens (tertiary/aromatic N) is 2. The Morgan fingerprint density at radius 1 is 1.10 bits per heavy atom. The summed E-state index contributed by atoms with van der Waals surface area (Å²) in [4.78, 5) is 29.6. The molecule has 7 rings (SSSR count). The molecule has 3 amide bonds. The van der Waals surface area contributed by atoms with Gasteiger partial charge in [-0.25, -0.2) is 9.18 Å². The van der Waals surface area contributed by atoms with Crippen molar-refractivity contribution in [2.75, 3.05) is 24.5 Å². The molecule has 0 spiro atoms. The summed E-state index contributed by atoms with van der Waals surface area (Å²) >= 11 is 0. The van der Waals surface area contributed by atoms with Crippen LogP contribution in [-0.4, -0.2) is 61.2 Å². The minimum atomic E-state index is -0.592. The summed E-state index contributed by atoms with van der Waals surface area (Å²) in [6.07, 6.45) is 2.75. The summed E-state index contributed by atoms with van der Waals surface area (Å²) < 4.78 is 26.7. The Morgan fingerprint density at radius 2 is 1.85 bits per heavy atom. The van der Waals surface area contributed by atoms with Gasteiger partial charge in [0.1, 0.15) is 5.82 Å². The molecule has 5 fully saturated rings. The van der Waals surface area contributed by atoms with Crippen LogP contribution in [0.1, 0.15) is 45.6 Å². The van der Waals surface area contributed by atoms with Crippen LogP contribution in [0.25, 0.3) is 0 Å². The molecule has 2 heterocycles. The van der Waals surface area contributed by atoms with Crippen molar-refractivity contribution in [3.05, 3.63) is 66.0 Å². The molecule has 9 heteroatoms. The number of nitrogens with one attached hydrogen (secondary N) is 1. The van der Waals surface area contributed by atoms with E-state index >= 15 is 0 Å². The topological polar surface area (TPSA) is 71.1 Å². The maximum atomic E-state index is 13.6. The van der Waals surface area contributed by atoms with Crippen molar-refractivity contribution in [1.29, 1.82) is 0 Å². The summed E-state index contributed by atoms with van der Waals surface area (Å²) in [7, 11) is -0.592. The van der Waals surface area contributed by atoms with Gasteiger partial charge in [0.25, 0.3) is 0 Å². The number of carbonyl (C=O) groups is 2. The normalized spacial score (nSPS) is 29.7. The van der Waals surface area contributed by atoms with Crippen LogP contribution < -0.4 is 10.2 Å². The van der Waals surface area contributed by atoms with E-state index < -0.39 is 18.7 Å². The summed E-state index contributed by atoms with van der Waals surface area (Å²) in [5.41, 5.74) is 1.58. The van der Waals surface area contributed by atoms with Gasteiger partial charge in [-0.3, -0.25) is 9.69 Å². The van der Waals surface area contributed by atoms with Crippen molar-refractivity contribution >= 4 is 24.7 Å². The third kappa shape index (κ3) is 4.74. The van der Waals surface area contributed by atoms with Gasteiger partial charge in [0.2, 0.25) is 5.91 Å². The molecule has 206 valence electrons. The molecular weight excluding hydrogens is 496 g/mol. The van der Waals surface area contributed by atoms with Crippen molar-refractivity contribution in [2.45, 2.75) is 64.1 Å². The fourth-order valence-electron chi connectivity index (χ4n) is 7.31. The Balaban J connectivity index is 1.12. The maximum Gasteiger partial charge on any atom is 0.482 e. The van der Waals surface area contributed by atoms with Gasteiger partial charge in [0.05, 0.1) is 17.6 Å². The average Bonchev–Trinajstić information content (AvgIpc) is 3.47. The van der Waals surface area contributed by atoms with Crippen molar-refractivity contribution in [3.8, 4) is 0 Å². The number of benzene rings is 2. The van der Waals surface area contributed by atoms with Crippen molar-refractivity contribution in [3.63, 3.8) is 0 Å². The largest absolute Gasteiger partial charge is 0.482 e. The molecule has 7 nitrogen and oxygen atoms in total. The molecule has 0 radical (unpaired) electrons. The van der Waals surface area contributed by atoms with Crippen LogP contribution >= 0.6 is 0 Å². The number of para-hydroxylation sites is 1. The average molecular weight is 533 g/mol. The van der Waals surface area contributed by atoms with Gasteiger partial charge in [-0.05, 0) is 73.3 Å². The Hall–Kier alpha value is -2.91. The predicted octanol–water partition coefficient (Wildman–Crippen LogP) is 4.45. The summed E-state index contributed by atoms with van der Waals surface area (Å²) in [6, 6.07) is 15.8.